The number of nitriles is 1. The minimum atomic E-state index is -3.71. The number of aromatic nitrogens is 2. The molecule has 0 radical (unpaired) electrons. The fourth-order valence-electron chi connectivity index (χ4n) is 1.50. The monoisotopic (exact) mass is 342 g/mol. The smallest absolute Gasteiger partial charge is 0.238 e. The van der Waals surface area contributed by atoms with E-state index in [4.69, 9.17) is 28.5 Å². The van der Waals surface area contributed by atoms with E-state index in [1.807, 2.05) is 6.07 Å². The Morgan fingerprint density at radius 3 is 2.48 bits per heavy atom. The van der Waals surface area contributed by atoms with Crippen molar-refractivity contribution in [1.29, 1.82) is 5.26 Å². The molecule has 1 heterocycles. The Morgan fingerprint density at radius 1 is 1.19 bits per heavy atom. The first-order chi connectivity index (χ1) is 9.91. The van der Waals surface area contributed by atoms with Gasteiger partial charge in [-0.1, -0.05) is 35.3 Å². The third-order valence-electron chi connectivity index (χ3n) is 2.44. The summed E-state index contributed by atoms with van der Waals surface area (Å²) in [5.74, 6) is -0.360. The summed E-state index contributed by atoms with van der Waals surface area (Å²) in [6.45, 7) is 0. The Labute approximate surface area is 131 Å². The van der Waals surface area contributed by atoms with Crippen LogP contribution in [0, 0.1) is 11.3 Å². The highest BCUT2D eigenvalue weighted by Gasteiger charge is 2.16. The second-order valence-corrected chi connectivity index (χ2v) is 6.46. The number of rotatable bonds is 4. The third-order valence-corrected chi connectivity index (χ3v) is 4.40. The highest BCUT2D eigenvalue weighted by atomic mass is 35.5. The van der Waals surface area contributed by atoms with Crippen LogP contribution in [-0.4, -0.2) is 18.4 Å². The van der Waals surface area contributed by atoms with E-state index >= 15 is 0 Å². The van der Waals surface area contributed by atoms with Crippen molar-refractivity contribution in [3.05, 3.63) is 51.9 Å². The number of nitrogens with one attached hydrogen (secondary N) is 1. The minimum absolute atomic E-state index is 0.0391. The third kappa shape index (κ3) is 4.04. The lowest BCUT2D eigenvalue weighted by Gasteiger charge is -2.09. The second kappa shape index (κ2) is 6.26. The fraction of sp³-hybridized carbons (Fsp3) is 0.0833. The minimum Gasteiger partial charge on any atom is -0.266 e. The quantitative estimate of drug-likeness (QED) is 0.861. The van der Waals surface area contributed by atoms with Gasteiger partial charge in [0, 0.05) is 0 Å². The molecule has 0 spiro atoms. The first kappa shape index (κ1) is 15.5. The van der Waals surface area contributed by atoms with Gasteiger partial charge in [-0.05, 0) is 17.7 Å². The molecule has 0 saturated heterocycles. The van der Waals surface area contributed by atoms with Crippen LogP contribution in [0.3, 0.4) is 0 Å². The van der Waals surface area contributed by atoms with Crippen LogP contribution in [0.25, 0.3) is 0 Å². The molecule has 0 saturated carbocycles. The van der Waals surface area contributed by atoms with Crippen molar-refractivity contribution in [2.45, 2.75) is 5.75 Å². The maximum absolute atomic E-state index is 12.0. The van der Waals surface area contributed by atoms with E-state index in [0.717, 1.165) is 6.33 Å². The Morgan fingerprint density at radius 2 is 1.86 bits per heavy atom. The number of benzene rings is 1. The summed E-state index contributed by atoms with van der Waals surface area (Å²) in [6, 6.07) is 8.16. The van der Waals surface area contributed by atoms with Crippen molar-refractivity contribution < 1.29 is 8.42 Å². The topological polar surface area (TPSA) is 95.7 Å². The Kier molecular flexibility index (Phi) is 4.63. The van der Waals surface area contributed by atoms with Gasteiger partial charge in [-0.15, -0.1) is 0 Å². The SMILES string of the molecule is N#Cc1ccc(CS(=O)(=O)Nc2ncnc(Cl)c2Cl)cc1. The number of anilines is 1. The molecule has 2 rings (SSSR count). The average Bonchev–Trinajstić information content (AvgIpc) is 2.44. The van der Waals surface area contributed by atoms with Gasteiger partial charge in [0.1, 0.15) is 11.3 Å². The maximum Gasteiger partial charge on any atom is 0.238 e. The summed E-state index contributed by atoms with van der Waals surface area (Å²) in [5, 5.41) is 8.58. The van der Waals surface area contributed by atoms with E-state index in [9.17, 15) is 8.42 Å². The van der Waals surface area contributed by atoms with E-state index in [2.05, 4.69) is 14.7 Å². The largest absolute Gasteiger partial charge is 0.266 e. The van der Waals surface area contributed by atoms with E-state index < -0.39 is 10.0 Å². The van der Waals surface area contributed by atoms with Gasteiger partial charge in [0.2, 0.25) is 10.0 Å². The first-order valence-corrected chi connectivity index (χ1v) is 7.97. The summed E-state index contributed by atoms with van der Waals surface area (Å²) in [5.41, 5.74) is 0.979. The number of halogens is 2. The zero-order chi connectivity index (χ0) is 15.5. The predicted octanol–water partition coefficient (Wildman–Crippen LogP) is 2.60. The maximum atomic E-state index is 12.0. The summed E-state index contributed by atoms with van der Waals surface area (Å²) in [6.07, 6.45) is 1.10. The fourth-order valence-corrected chi connectivity index (χ4v) is 2.98. The van der Waals surface area contributed by atoms with Crippen molar-refractivity contribution in [2.24, 2.45) is 0 Å². The molecule has 0 aliphatic heterocycles. The second-order valence-electron chi connectivity index (χ2n) is 4.00. The zero-order valence-corrected chi connectivity index (χ0v) is 12.7. The van der Waals surface area contributed by atoms with Gasteiger partial charge < -0.3 is 0 Å². The standard InChI is InChI=1S/C12H8Cl2N4O2S/c13-10-11(14)16-7-17-12(10)18-21(19,20)6-9-3-1-8(5-15)2-4-9/h1-4,7H,6H2,(H,16,17,18). The molecule has 1 aromatic heterocycles. The molecular weight excluding hydrogens is 335 g/mol. The summed E-state index contributed by atoms with van der Waals surface area (Å²) in [4.78, 5) is 7.36. The number of sulfonamides is 1. The molecule has 9 heteroatoms. The molecule has 108 valence electrons. The Hall–Kier alpha value is -1.88. The molecule has 21 heavy (non-hydrogen) atoms. The zero-order valence-electron chi connectivity index (χ0n) is 10.4. The molecular formula is C12H8Cl2N4O2S. The van der Waals surface area contributed by atoms with Gasteiger partial charge in [0.25, 0.3) is 0 Å². The Bertz CT molecular complexity index is 801. The summed E-state index contributed by atoms with van der Waals surface area (Å²) in [7, 11) is -3.71. The lowest BCUT2D eigenvalue weighted by molar-refractivity contribution is 0.600. The van der Waals surface area contributed by atoms with Crippen LogP contribution in [0.15, 0.2) is 30.6 Å². The van der Waals surface area contributed by atoms with E-state index in [1.54, 1.807) is 24.3 Å². The van der Waals surface area contributed by atoms with Crippen molar-refractivity contribution in [2.75, 3.05) is 4.72 Å². The molecule has 6 nitrogen and oxygen atoms in total. The first-order valence-electron chi connectivity index (χ1n) is 5.57. The van der Waals surface area contributed by atoms with E-state index in [0.29, 0.717) is 11.1 Å². The predicted molar refractivity (Wildman–Crippen MR) is 79.5 cm³/mol. The van der Waals surface area contributed by atoms with Crippen molar-refractivity contribution in [3.63, 3.8) is 0 Å². The van der Waals surface area contributed by atoms with Crippen LogP contribution in [0.1, 0.15) is 11.1 Å². The molecule has 0 amide bonds. The number of hydrogen-bond acceptors (Lipinski definition) is 5. The molecule has 1 N–H and O–H groups in total. The van der Waals surface area contributed by atoms with Gasteiger partial charge in [0.05, 0.1) is 17.4 Å². The van der Waals surface area contributed by atoms with Gasteiger partial charge in [-0.3, -0.25) is 4.72 Å². The number of nitrogens with zero attached hydrogens (tertiary/aromatic N) is 3. The van der Waals surface area contributed by atoms with Crippen LogP contribution in [0.4, 0.5) is 5.82 Å². The van der Waals surface area contributed by atoms with Gasteiger partial charge in [-0.2, -0.15) is 5.26 Å². The molecule has 2 aromatic rings. The molecule has 0 aliphatic carbocycles. The highest BCUT2D eigenvalue weighted by Crippen LogP contribution is 2.26. The van der Waals surface area contributed by atoms with Crippen LogP contribution < -0.4 is 4.72 Å². The normalized spacial score (nSPS) is 10.9. The number of hydrogen-bond donors (Lipinski definition) is 1. The van der Waals surface area contributed by atoms with E-state index in [-0.39, 0.29) is 21.7 Å². The lowest BCUT2D eigenvalue weighted by Crippen LogP contribution is -2.16. The molecule has 0 fully saturated rings. The van der Waals surface area contributed by atoms with Crippen LogP contribution in [0.2, 0.25) is 10.2 Å². The summed E-state index contributed by atoms with van der Waals surface area (Å²) >= 11 is 11.5. The molecule has 1 aromatic carbocycles. The lowest BCUT2D eigenvalue weighted by atomic mass is 10.2. The molecule has 0 bridgehead atoms. The van der Waals surface area contributed by atoms with Crippen molar-refractivity contribution >= 4 is 39.0 Å². The van der Waals surface area contributed by atoms with Crippen molar-refractivity contribution in [1.82, 2.24) is 9.97 Å². The average molecular weight is 343 g/mol. The van der Waals surface area contributed by atoms with Gasteiger partial charge in [0.15, 0.2) is 11.0 Å². The Balaban J connectivity index is 2.18. The van der Waals surface area contributed by atoms with Crippen LogP contribution >= 0.6 is 23.2 Å². The molecule has 0 unspecified atom stereocenters. The highest BCUT2D eigenvalue weighted by molar-refractivity contribution is 7.91. The molecule has 0 aliphatic rings. The van der Waals surface area contributed by atoms with Crippen LogP contribution in [0.5, 0.6) is 0 Å². The van der Waals surface area contributed by atoms with Crippen LogP contribution in [-0.2, 0) is 15.8 Å². The summed E-state index contributed by atoms with van der Waals surface area (Å²) < 4.78 is 26.3. The molecule has 0 atom stereocenters. The van der Waals surface area contributed by atoms with Gasteiger partial charge in [-0.25, -0.2) is 18.4 Å². The van der Waals surface area contributed by atoms with Gasteiger partial charge >= 0.3 is 0 Å². The van der Waals surface area contributed by atoms with E-state index in [1.165, 1.54) is 0 Å². The van der Waals surface area contributed by atoms with Crippen molar-refractivity contribution in [3.8, 4) is 6.07 Å².